The van der Waals surface area contributed by atoms with E-state index in [1.165, 1.54) is 0 Å². The van der Waals surface area contributed by atoms with Crippen molar-refractivity contribution in [2.45, 2.75) is 44.6 Å². The minimum Gasteiger partial charge on any atom is -0.481 e. The topological polar surface area (TPSA) is 121 Å². The van der Waals surface area contributed by atoms with E-state index in [9.17, 15) is 19.5 Å². The molecule has 0 saturated heterocycles. The third-order valence-corrected chi connectivity index (χ3v) is 2.29. The molecule has 0 fully saturated rings. The van der Waals surface area contributed by atoms with Crippen molar-refractivity contribution in [1.29, 1.82) is 0 Å². The van der Waals surface area contributed by atoms with Gasteiger partial charge >= 0.3 is 17.9 Å². The summed E-state index contributed by atoms with van der Waals surface area (Å²) >= 11 is 0. The Bertz CT molecular complexity index is 318. The van der Waals surface area contributed by atoms with Crippen LogP contribution < -0.4 is 0 Å². The molecule has 0 aromatic heterocycles. The molecule has 0 amide bonds. The third kappa shape index (κ3) is 8.39. The molecule has 1 unspecified atom stereocenters. The van der Waals surface area contributed by atoms with E-state index in [0.29, 0.717) is 6.42 Å². The van der Waals surface area contributed by atoms with Crippen LogP contribution in [0.4, 0.5) is 0 Å². The summed E-state index contributed by atoms with van der Waals surface area (Å²) in [7, 11) is 0. The molecule has 0 spiro atoms. The second kappa shape index (κ2) is 9.57. The molecule has 19 heavy (non-hydrogen) atoms. The lowest BCUT2D eigenvalue weighted by atomic mass is 9.96. The van der Waals surface area contributed by atoms with Crippen molar-refractivity contribution in [2.75, 3.05) is 6.61 Å². The molecule has 0 aromatic rings. The minimum atomic E-state index is -2.62. The van der Waals surface area contributed by atoms with Crippen LogP contribution in [0, 0.1) is 0 Å². The van der Waals surface area contributed by atoms with Crippen molar-refractivity contribution in [3.8, 4) is 0 Å². The van der Waals surface area contributed by atoms with Crippen LogP contribution in [0.15, 0.2) is 0 Å². The second-order valence-electron chi connectivity index (χ2n) is 4.01. The Hall–Kier alpha value is -1.34. The van der Waals surface area contributed by atoms with Gasteiger partial charge in [-0.2, -0.15) is 0 Å². The van der Waals surface area contributed by atoms with Gasteiger partial charge in [0.2, 0.25) is 0 Å². The number of rotatable bonds is 9. The molecule has 0 aliphatic heterocycles. The number of carboxylic acids is 2. The van der Waals surface area contributed by atoms with Gasteiger partial charge in [0, 0.05) is 0 Å². The maximum Gasteiger partial charge on any atom is 0.336 e. The standard InChI is InChI=1S/C11H18O7.ClH/c1-2-3-4-5-18-9(14)7-11(17,10(15)16)6-8(12)13;/h17H,2-7H2,1H3,(H,12,13)(H,15,16);1H. The highest BCUT2D eigenvalue weighted by Crippen LogP contribution is 2.17. The van der Waals surface area contributed by atoms with Gasteiger partial charge < -0.3 is 20.1 Å². The number of carbonyl (C=O) groups is 3. The van der Waals surface area contributed by atoms with Crippen molar-refractivity contribution < 1.29 is 34.4 Å². The van der Waals surface area contributed by atoms with Crippen molar-refractivity contribution in [2.24, 2.45) is 0 Å². The highest BCUT2D eigenvalue weighted by molar-refractivity contribution is 5.88. The Kier molecular flexibility index (Phi) is 10.1. The van der Waals surface area contributed by atoms with Crippen LogP contribution in [0.5, 0.6) is 0 Å². The van der Waals surface area contributed by atoms with Crippen LogP contribution in [-0.2, 0) is 19.1 Å². The highest BCUT2D eigenvalue weighted by atomic mass is 35.5. The number of carbonyl (C=O) groups excluding carboxylic acids is 1. The van der Waals surface area contributed by atoms with Gasteiger partial charge in [-0.1, -0.05) is 19.8 Å². The number of carboxylic acid groups (broad SMARTS) is 2. The lowest BCUT2D eigenvalue weighted by Crippen LogP contribution is -2.43. The SMILES string of the molecule is CCCCCOC(=O)CC(O)(CC(=O)O)C(=O)O.Cl. The fourth-order valence-electron chi connectivity index (χ4n) is 1.29. The third-order valence-electron chi connectivity index (χ3n) is 2.29. The Morgan fingerprint density at radius 1 is 1.11 bits per heavy atom. The molecule has 0 radical (unpaired) electrons. The summed E-state index contributed by atoms with van der Waals surface area (Å²) in [4.78, 5) is 32.4. The number of hydrogen-bond acceptors (Lipinski definition) is 5. The van der Waals surface area contributed by atoms with Crippen molar-refractivity contribution in [1.82, 2.24) is 0 Å². The fourth-order valence-corrected chi connectivity index (χ4v) is 1.29. The average molecular weight is 299 g/mol. The van der Waals surface area contributed by atoms with Crippen LogP contribution >= 0.6 is 12.4 Å². The normalized spacial score (nSPS) is 12.9. The first-order valence-corrected chi connectivity index (χ1v) is 5.65. The van der Waals surface area contributed by atoms with Crippen LogP contribution in [-0.4, -0.2) is 45.4 Å². The van der Waals surface area contributed by atoms with Crippen molar-refractivity contribution >= 4 is 30.3 Å². The van der Waals surface area contributed by atoms with Gasteiger partial charge in [-0.15, -0.1) is 12.4 Å². The molecule has 0 bridgehead atoms. The van der Waals surface area contributed by atoms with E-state index in [1.54, 1.807) is 0 Å². The van der Waals surface area contributed by atoms with E-state index in [4.69, 9.17) is 14.9 Å². The van der Waals surface area contributed by atoms with Gasteiger partial charge in [-0.25, -0.2) is 4.79 Å². The van der Waals surface area contributed by atoms with Gasteiger partial charge in [0.05, 0.1) is 19.4 Å². The molecule has 8 heteroatoms. The minimum absolute atomic E-state index is 0. The molecule has 1 atom stereocenters. The predicted molar refractivity (Wildman–Crippen MR) is 67.2 cm³/mol. The van der Waals surface area contributed by atoms with Crippen LogP contribution in [0.1, 0.15) is 39.0 Å². The van der Waals surface area contributed by atoms with E-state index in [2.05, 4.69) is 0 Å². The van der Waals surface area contributed by atoms with E-state index in [0.717, 1.165) is 12.8 Å². The van der Waals surface area contributed by atoms with E-state index >= 15 is 0 Å². The summed E-state index contributed by atoms with van der Waals surface area (Å²) in [5, 5.41) is 26.8. The van der Waals surface area contributed by atoms with E-state index in [1.807, 2.05) is 6.92 Å². The Balaban J connectivity index is 0. The number of hydrogen-bond donors (Lipinski definition) is 3. The van der Waals surface area contributed by atoms with Crippen molar-refractivity contribution in [3.05, 3.63) is 0 Å². The predicted octanol–water partition coefficient (Wildman–Crippen LogP) is 0.822. The zero-order chi connectivity index (χ0) is 14.2. The number of ether oxygens (including phenoxy) is 1. The van der Waals surface area contributed by atoms with Gasteiger partial charge in [0.15, 0.2) is 5.60 Å². The molecular weight excluding hydrogens is 280 g/mol. The smallest absolute Gasteiger partial charge is 0.336 e. The molecular formula is C11H19ClO7. The summed E-state index contributed by atoms with van der Waals surface area (Å²) in [6.45, 7) is 2.10. The number of aliphatic hydroxyl groups is 1. The Morgan fingerprint density at radius 3 is 2.11 bits per heavy atom. The average Bonchev–Trinajstić information content (AvgIpc) is 2.23. The molecule has 0 saturated carbocycles. The van der Waals surface area contributed by atoms with Crippen LogP contribution in [0.3, 0.4) is 0 Å². The van der Waals surface area contributed by atoms with Crippen LogP contribution in [0.2, 0.25) is 0 Å². The largest absolute Gasteiger partial charge is 0.481 e. The first-order valence-electron chi connectivity index (χ1n) is 5.65. The lowest BCUT2D eigenvalue weighted by Gasteiger charge is -2.20. The van der Waals surface area contributed by atoms with Gasteiger partial charge in [0.25, 0.3) is 0 Å². The summed E-state index contributed by atoms with van der Waals surface area (Å²) in [6.07, 6.45) is 0.529. The molecule has 0 rings (SSSR count). The van der Waals surface area contributed by atoms with Gasteiger partial charge in [-0.3, -0.25) is 9.59 Å². The summed E-state index contributed by atoms with van der Waals surface area (Å²) in [5.41, 5.74) is -2.62. The Labute approximate surface area is 117 Å². The van der Waals surface area contributed by atoms with Gasteiger partial charge in [-0.05, 0) is 6.42 Å². The first kappa shape index (κ1) is 20.0. The number of aliphatic carboxylic acids is 2. The number of unbranched alkanes of at least 4 members (excludes halogenated alkanes) is 2. The van der Waals surface area contributed by atoms with E-state index < -0.39 is 36.4 Å². The summed E-state index contributed by atoms with van der Waals surface area (Å²) < 4.78 is 4.72. The molecule has 112 valence electrons. The van der Waals surface area contributed by atoms with Crippen molar-refractivity contribution in [3.63, 3.8) is 0 Å². The summed E-state index contributed by atoms with van der Waals surface area (Å²) in [6, 6.07) is 0. The Morgan fingerprint density at radius 2 is 1.68 bits per heavy atom. The summed E-state index contributed by atoms with van der Waals surface area (Å²) in [5.74, 6) is -4.17. The number of halogens is 1. The first-order chi connectivity index (χ1) is 8.31. The molecule has 3 N–H and O–H groups in total. The maximum atomic E-state index is 11.3. The lowest BCUT2D eigenvalue weighted by molar-refractivity contribution is -0.172. The highest BCUT2D eigenvalue weighted by Gasteiger charge is 2.41. The molecule has 0 heterocycles. The monoisotopic (exact) mass is 298 g/mol. The zero-order valence-corrected chi connectivity index (χ0v) is 11.4. The molecule has 0 aromatic carbocycles. The number of esters is 1. The van der Waals surface area contributed by atoms with E-state index in [-0.39, 0.29) is 19.0 Å². The quantitative estimate of drug-likeness (QED) is 0.425. The maximum absolute atomic E-state index is 11.3. The fraction of sp³-hybridized carbons (Fsp3) is 0.727. The second-order valence-corrected chi connectivity index (χ2v) is 4.01. The van der Waals surface area contributed by atoms with Gasteiger partial charge in [0.1, 0.15) is 0 Å². The molecule has 0 aliphatic rings. The molecule has 0 aliphatic carbocycles. The zero-order valence-electron chi connectivity index (χ0n) is 10.6. The molecule has 7 nitrogen and oxygen atoms in total. The van der Waals surface area contributed by atoms with Crippen LogP contribution in [0.25, 0.3) is 0 Å².